The summed E-state index contributed by atoms with van der Waals surface area (Å²) >= 11 is 0. The summed E-state index contributed by atoms with van der Waals surface area (Å²) in [7, 11) is 0. The highest BCUT2D eigenvalue weighted by Gasteiger charge is 2.21. The Labute approximate surface area is 136 Å². The smallest absolute Gasteiger partial charge is 0.269 e. The molecule has 0 aliphatic carbocycles. The monoisotopic (exact) mass is 323 g/mol. The summed E-state index contributed by atoms with van der Waals surface area (Å²) in [6.45, 7) is 9.64. The van der Waals surface area contributed by atoms with Crippen LogP contribution >= 0.6 is 0 Å². The van der Waals surface area contributed by atoms with Crippen molar-refractivity contribution in [3.05, 3.63) is 34.4 Å². The Bertz CT molecular complexity index is 481. The van der Waals surface area contributed by atoms with Crippen LogP contribution in [0.3, 0.4) is 0 Å². The zero-order valence-electron chi connectivity index (χ0n) is 13.8. The summed E-state index contributed by atoms with van der Waals surface area (Å²) in [5.41, 5.74) is 1.16. The average molecular weight is 323 g/mol. The van der Waals surface area contributed by atoms with Crippen molar-refractivity contribution in [3.63, 3.8) is 0 Å². The molecule has 7 heteroatoms. The maximum Gasteiger partial charge on any atom is 0.269 e. The van der Waals surface area contributed by atoms with Crippen LogP contribution in [0.5, 0.6) is 0 Å². The molecule has 1 aliphatic heterocycles. The molecule has 2 rings (SSSR count). The molecule has 1 heterocycles. The number of non-ortho nitro benzene ring substituents is 1. The number of nitro groups is 1. The van der Waals surface area contributed by atoms with E-state index in [1.807, 2.05) is 26.0 Å². The Balaban J connectivity index is 1.84. The summed E-state index contributed by atoms with van der Waals surface area (Å²) in [5.74, 6) is 0. The molecule has 0 N–H and O–H groups in total. The number of hydrogen-bond donors (Lipinski definition) is 0. The minimum Gasteiger partial charge on any atom is -0.369 e. The number of benzene rings is 1. The fraction of sp³-hybridized carbons (Fsp3) is 0.625. The van der Waals surface area contributed by atoms with E-state index in [0.29, 0.717) is 13.2 Å². The Morgan fingerprint density at radius 2 is 1.65 bits per heavy atom. The number of anilines is 1. The van der Waals surface area contributed by atoms with E-state index in [0.717, 1.165) is 38.4 Å². The lowest BCUT2D eigenvalue weighted by molar-refractivity contribution is -0.384. The molecule has 0 aromatic heterocycles. The maximum atomic E-state index is 10.7. The number of nitro benzene ring substituents is 1. The summed E-state index contributed by atoms with van der Waals surface area (Å²) in [6.07, 6.45) is -0.170. The van der Waals surface area contributed by atoms with Crippen LogP contribution in [-0.2, 0) is 9.47 Å². The summed E-state index contributed by atoms with van der Waals surface area (Å²) in [4.78, 5) is 14.9. The van der Waals surface area contributed by atoms with Gasteiger partial charge in [-0.25, -0.2) is 0 Å². The van der Waals surface area contributed by atoms with Gasteiger partial charge in [0, 0.05) is 63.8 Å². The van der Waals surface area contributed by atoms with Gasteiger partial charge in [-0.1, -0.05) is 0 Å². The predicted molar refractivity (Wildman–Crippen MR) is 88.8 cm³/mol. The van der Waals surface area contributed by atoms with Crippen LogP contribution in [0.25, 0.3) is 0 Å². The first-order valence-corrected chi connectivity index (χ1v) is 8.09. The van der Waals surface area contributed by atoms with Gasteiger partial charge in [0.1, 0.15) is 0 Å². The Kier molecular flexibility index (Phi) is 6.76. The summed E-state index contributed by atoms with van der Waals surface area (Å²) in [5, 5.41) is 10.7. The minimum atomic E-state index is -0.372. The van der Waals surface area contributed by atoms with Crippen molar-refractivity contribution >= 4 is 11.4 Å². The molecular weight excluding hydrogens is 298 g/mol. The van der Waals surface area contributed by atoms with Gasteiger partial charge >= 0.3 is 0 Å². The van der Waals surface area contributed by atoms with Gasteiger partial charge in [0.15, 0.2) is 6.29 Å². The Hall–Kier alpha value is -1.70. The molecule has 1 aliphatic rings. The van der Waals surface area contributed by atoms with E-state index in [4.69, 9.17) is 9.47 Å². The molecule has 7 nitrogen and oxygen atoms in total. The van der Waals surface area contributed by atoms with E-state index in [-0.39, 0.29) is 16.9 Å². The SMILES string of the molecule is CCOC(CN1CCN(c2ccc([N+](=O)[O-])cc2)CC1)OCC. The van der Waals surface area contributed by atoms with Gasteiger partial charge in [-0.05, 0) is 26.0 Å². The van der Waals surface area contributed by atoms with E-state index in [2.05, 4.69) is 9.80 Å². The third-order valence-electron chi connectivity index (χ3n) is 3.91. The molecule has 1 saturated heterocycles. The van der Waals surface area contributed by atoms with Crippen molar-refractivity contribution in [2.75, 3.05) is 50.8 Å². The third kappa shape index (κ3) is 5.16. The van der Waals surface area contributed by atoms with Crippen LogP contribution in [0.1, 0.15) is 13.8 Å². The molecular formula is C16H25N3O4. The highest BCUT2D eigenvalue weighted by Crippen LogP contribution is 2.20. The normalized spacial score (nSPS) is 16.0. The van der Waals surface area contributed by atoms with Crippen LogP contribution in [0, 0.1) is 10.1 Å². The highest BCUT2D eigenvalue weighted by molar-refractivity contribution is 5.51. The molecule has 0 amide bonds. The van der Waals surface area contributed by atoms with Gasteiger partial charge < -0.3 is 14.4 Å². The topological polar surface area (TPSA) is 68.1 Å². The lowest BCUT2D eigenvalue weighted by Crippen LogP contribution is -2.49. The Morgan fingerprint density at radius 3 is 2.13 bits per heavy atom. The van der Waals surface area contributed by atoms with Gasteiger partial charge in [0.25, 0.3) is 5.69 Å². The molecule has 1 aromatic carbocycles. The molecule has 0 spiro atoms. The van der Waals surface area contributed by atoms with Gasteiger partial charge in [-0.3, -0.25) is 15.0 Å². The van der Waals surface area contributed by atoms with E-state index >= 15 is 0 Å². The maximum absolute atomic E-state index is 10.7. The summed E-state index contributed by atoms with van der Waals surface area (Å²) < 4.78 is 11.2. The van der Waals surface area contributed by atoms with Crippen LogP contribution < -0.4 is 4.90 Å². The van der Waals surface area contributed by atoms with Crippen LogP contribution in [0.15, 0.2) is 24.3 Å². The fourth-order valence-corrected chi connectivity index (χ4v) is 2.71. The van der Waals surface area contributed by atoms with E-state index < -0.39 is 0 Å². The van der Waals surface area contributed by atoms with Crippen molar-refractivity contribution in [3.8, 4) is 0 Å². The highest BCUT2D eigenvalue weighted by atomic mass is 16.7. The number of rotatable bonds is 8. The number of ether oxygens (including phenoxy) is 2. The summed E-state index contributed by atoms with van der Waals surface area (Å²) in [6, 6.07) is 6.75. The van der Waals surface area contributed by atoms with Crippen molar-refractivity contribution < 1.29 is 14.4 Å². The van der Waals surface area contributed by atoms with Gasteiger partial charge in [0.2, 0.25) is 0 Å². The fourth-order valence-electron chi connectivity index (χ4n) is 2.71. The van der Waals surface area contributed by atoms with Gasteiger partial charge in [0.05, 0.1) is 4.92 Å². The van der Waals surface area contributed by atoms with Crippen molar-refractivity contribution in [1.82, 2.24) is 4.90 Å². The second kappa shape index (κ2) is 8.81. The molecule has 0 radical (unpaired) electrons. The molecule has 0 bridgehead atoms. The van der Waals surface area contributed by atoms with Crippen molar-refractivity contribution in [2.45, 2.75) is 20.1 Å². The van der Waals surface area contributed by atoms with E-state index in [1.165, 1.54) is 0 Å². The van der Waals surface area contributed by atoms with E-state index in [1.54, 1.807) is 12.1 Å². The molecule has 0 atom stereocenters. The first-order valence-electron chi connectivity index (χ1n) is 8.09. The molecule has 0 unspecified atom stereocenters. The molecule has 23 heavy (non-hydrogen) atoms. The van der Waals surface area contributed by atoms with Crippen LogP contribution in [0.2, 0.25) is 0 Å². The zero-order chi connectivity index (χ0) is 16.7. The lowest BCUT2D eigenvalue weighted by atomic mass is 10.2. The van der Waals surface area contributed by atoms with Gasteiger partial charge in [-0.2, -0.15) is 0 Å². The molecule has 128 valence electrons. The van der Waals surface area contributed by atoms with Crippen molar-refractivity contribution in [1.29, 1.82) is 0 Å². The number of piperazine rings is 1. The quantitative estimate of drug-likeness (QED) is 0.415. The number of hydrogen-bond acceptors (Lipinski definition) is 6. The van der Waals surface area contributed by atoms with Crippen LogP contribution in [0.4, 0.5) is 11.4 Å². The predicted octanol–water partition coefficient (Wildman–Crippen LogP) is 2.12. The Morgan fingerprint density at radius 1 is 1.09 bits per heavy atom. The molecule has 1 aromatic rings. The van der Waals surface area contributed by atoms with Crippen LogP contribution in [-0.4, -0.2) is 62.1 Å². The zero-order valence-corrected chi connectivity index (χ0v) is 13.8. The van der Waals surface area contributed by atoms with E-state index in [9.17, 15) is 10.1 Å². The average Bonchev–Trinajstić information content (AvgIpc) is 2.56. The second-order valence-corrected chi connectivity index (χ2v) is 5.40. The first kappa shape index (κ1) is 17.7. The molecule has 1 fully saturated rings. The van der Waals surface area contributed by atoms with Crippen molar-refractivity contribution in [2.24, 2.45) is 0 Å². The molecule has 0 saturated carbocycles. The van der Waals surface area contributed by atoms with Gasteiger partial charge in [-0.15, -0.1) is 0 Å². The third-order valence-corrected chi connectivity index (χ3v) is 3.91. The largest absolute Gasteiger partial charge is 0.369 e. The number of nitrogens with zero attached hydrogens (tertiary/aromatic N) is 3. The second-order valence-electron chi connectivity index (χ2n) is 5.40. The lowest BCUT2D eigenvalue weighted by Gasteiger charge is -2.37. The first-order chi connectivity index (χ1) is 11.1. The standard InChI is InChI=1S/C16H25N3O4/c1-3-22-16(23-4-2)13-17-9-11-18(12-10-17)14-5-7-15(8-6-14)19(20)21/h5-8,16H,3-4,9-13H2,1-2H3. The minimum absolute atomic E-state index is 0.128.